The van der Waals surface area contributed by atoms with E-state index in [-0.39, 0.29) is 23.8 Å². The first-order chi connectivity index (χ1) is 15.0. The van der Waals surface area contributed by atoms with Gasteiger partial charge in [0.25, 0.3) is 0 Å². The number of rotatable bonds is 11. The minimum Gasteiger partial charge on any atom is -0.534 e. The number of para-hydroxylation sites is 1. The van der Waals surface area contributed by atoms with E-state index in [1.807, 2.05) is 6.92 Å². The van der Waals surface area contributed by atoms with Gasteiger partial charge in [-0.2, -0.15) is 0 Å². The van der Waals surface area contributed by atoms with Crippen LogP contribution in [0.25, 0.3) is 0 Å². The summed E-state index contributed by atoms with van der Waals surface area (Å²) in [6, 6.07) is 4.87. The van der Waals surface area contributed by atoms with E-state index in [4.69, 9.17) is 18.9 Å². The Morgan fingerprint density at radius 2 is 1.94 bits per heavy atom. The fraction of sp³-hybridized carbons (Fsp3) is 0.571. The molecule has 1 atom stereocenters. The Kier molecular flexibility index (Phi) is 10.2. The standard InChI is InChI=1S/C21H30BNO8/c1-3-5-6-7-12-28-21(26)30-14-29-20(25)16-11-8-10-15-13-17(22(27)31-19(15)16)23-18(24)9-4-2/h8,10-11,17,27H,3-7,9,12-14H2,1-2H3,(H,23,24)/t17-/m0/s1. The zero-order valence-corrected chi connectivity index (χ0v) is 18.1. The molecular formula is C21H30BNO8. The van der Waals surface area contributed by atoms with Crippen molar-refractivity contribution in [2.45, 2.75) is 64.7 Å². The summed E-state index contributed by atoms with van der Waals surface area (Å²) in [6.45, 7) is 3.62. The van der Waals surface area contributed by atoms with E-state index in [0.717, 1.165) is 25.7 Å². The van der Waals surface area contributed by atoms with Gasteiger partial charge >= 0.3 is 19.2 Å². The molecule has 170 valence electrons. The van der Waals surface area contributed by atoms with Crippen LogP contribution in [0.3, 0.4) is 0 Å². The summed E-state index contributed by atoms with van der Waals surface area (Å²) in [5.41, 5.74) is 0.736. The Morgan fingerprint density at radius 1 is 1.13 bits per heavy atom. The zero-order chi connectivity index (χ0) is 22.6. The highest BCUT2D eigenvalue weighted by Crippen LogP contribution is 2.30. The molecule has 1 aromatic carbocycles. The van der Waals surface area contributed by atoms with Crippen LogP contribution in [0.5, 0.6) is 5.75 Å². The van der Waals surface area contributed by atoms with E-state index < -0.39 is 32.0 Å². The average molecular weight is 435 g/mol. The lowest BCUT2D eigenvalue weighted by Crippen LogP contribution is -2.53. The molecule has 0 unspecified atom stereocenters. The molecule has 9 nitrogen and oxygen atoms in total. The molecular weight excluding hydrogens is 405 g/mol. The Morgan fingerprint density at radius 3 is 2.68 bits per heavy atom. The number of esters is 1. The smallest absolute Gasteiger partial charge is 0.534 e. The number of nitrogens with one attached hydrogen (secondary N) is 1. The number of ether oxygens (including phenoxy) is 3. The largest absolute Gasteiger partial charge is 0.547 e. The van der Waals surface area contributed by atoms with Crippen molar-refractivity contribution < 1.29 is 38.3 Å². The third-order valence-electron chi connectivity index (χ3n) is 4.75. The molecule has 1 aromatic rings. The third-order valence-corrected chi connectivity index (χ3v) is 4.75. The van der Waals surface area contributed by atoms with Crippen LogP contribution in [0.15, 0.2) is 18.2 Å². The number of carbonyl (C=O) groups is 3. The van der Waals surface area contributed by atoms with Crippen molar-refractivity contribution in [3.05, 3.63) is 29.3 Å². The topological polar surface area (TPSA) is 120 Å². The quantitative estimate of drug-likeness (QED) is 0.236. The van der Waals surface area contributed by atoms with Crippen molar-refractivity contribution in [1.82, 2.24) is 5.32 Å². The van der Waals surface area contributed by atoms with Crippen molar-refractivity contribution >= 4 is 25.2 Å². The molecule has 0 aromatic heterocycles. The van der Waals surface area contributed by atoms with Gasteiger partial charge in [0.05, 0.1) is 12.5 Å². The molecule has 1 aliphatic rings. The Labute approximate surface area is 182 Å². The highest BCUT2D eigenvalue weighted by Gasteiger charge is 2.37. The molecule has 0 saturated heterocycles. The van der Waals surface area contributed by atoms with Crippen LogP contribution in [0, 0.1) is 0 Å². The van der Waals surface area contributed by atoms with Gasteiger partial charge in [-0.15, -0.1) is 0 Å². The normalized spacial score (nSPS) is 14.8. The molecule has 31 heavy (non-hydrogen) atoms. The molecule has 0 aliphatic carbocycles. The number of fused-ring (bicyclic) bond motifs is 1. The lowest BCUT2D eigenvalue weighted by Gasteiger charge is -2.29. The zero-order valence-electron chi connectivity index (χ0n) is 18.1. The first-order valence-electron chi connectivity index (χ1n) is 10.7. The SMILES string of the molecule is CCCCCCOC(=O)OCOC(=O)c1cccc2c1OB(O)[C@@H](NC(=O)CCC)C2. The van der Waals surface area contributed by atoms with Crippen LogP contribution in [0.1, 0.15) is 68.3 Å². The molecule has 0 saturated carbocycles. The van der Waals surface area contributed by atoms with Crippen molar-refractivity contribution in [2.24, 2.45) is 0 Å². The van der Waals surface area contributed by atoms with Gasteiger partial charge in [-0.3, -0.25) is 4.79 Å². The highest BCUT2D eigenvalue weighted by molar-refractivity contribution is 6.47. The Hall–Kier alpha value is -2.75. The molecule has 2 rings (SSSR count). The molecule has 10 heteroatoms. The van der Waals surface area contributed by atoms with Crippen LogP contribution in [0.4, 0.5) is 4.79 Å². The average Bonchev–Trinajstić information content (AvgIpc) is 2.74. The summed E-state index contributed by atoms with van der Waals surface area (Å²) in [4.78, 5) is 35.7. The second-order valence-electron chi connectivity index (χ2n) is 7.28. The van der Waals surface area contributed by atoms with Crippen LogP contribution >= 0.6 is 0 Å². The van der Waals surface area contributed by atoms with Gasteiger partial charge in [0.1, 0.15) is 11.3 Å². The number of hydrogen-bond donors (Lipinski definition) is 2. The molecule has 0 radical (unpaired) electrons. The van der Waals surface area contributed by atoms with E-state index >= 15 is 0 Å². The minimum absolute atomic E-state index is 0.0893. The minimum atomic E-state index is -1.30. The van der Waals surface area contributed by atoms with E-state index in [1.54, 1.807) is 12.1 Å². The van der Waals surface area contributed by atoms with E-state index in [1.165, 1.54) is 6.07 Å². The third kappa shape index (κ3) is 7.78. The van der Waals surface area contributed by atoms with Crippen molar-refractivity contribution in [2.75, 3.05) is 13.4 Å². The summed E-state index contributed by atoms with van der Waals surface area (Å²) < 4.78 is 20.1. The molecule has 1 aliphatic heterocycles. The molecule has 0 fully saturated rings. The van der Waals surface area contributed by atoms with Crippen molar-refractivity contribution in [3.63, 3.8) is 0 Å². The predicted octanol–water partition coefficient (Wildman–Crippen LogP) is 2.77. The maximum Gasteiger partial charge on any atom is 0.547 e. The van der Waals surface area contributed by atoms with Gasteiger partial charge < -0.3 is 29.2 Å². The fourth-order valence-electron chi connectivity index (χ4n) is 3.15. The van der Waals surface area contributed by atoms with Crippen LogP contribution in [-0.2, 0) is 25.4 Å². The number of benzene rings is 1. The Balaban J connectivity index is 1.86. The maximum atomic E-state index is 12.4. The number of unbranched alkanes of at least 4 members (excludes halogenated alkanes) is 3. The Bertz CT molecular complexity index is 757. The monoisotopic (exact) mass is 435 g/mol. The van der Waals surface area contributed by atoms with E-state index in [0.29, 0.717) is 24.8 Å². The fourth-order valence-corrected chi connectivity index (χ4v) is 3.15. The van der Waals surface area contributed by atoms with Crippen LogP contribution in [-0.4, -0.2) is 49.5 Å². The summed E-state index contributed by atoms with van der Waals surface area (Å²) in [5, 5.41) is 13.0. The van der Waals surface area contributed by atoms with Gasteiger partial charge in [0.2, 0.25) is 12.7 Å². The van der Waals surface area contributed by atoms with Gasteiger partial charge in [-0.1, -0.05) is 45.2 Å². The van der Waals surface area contributed by atoms with Crippen LogP contribution < -0.4 is 9.97 Å². The first kappa shape index (κ1) is 24.5. The van der Waals surface area contributed by atoms with E-state index in [2.05, 4.69) is 12.2 Å². The lowest BCUT2D eigenvalue weighted by molar-refractivity contribution is -0.121. The van der Waals surface area contributed by atoms with Gasteiger partial charge in [-0.25, -0.2) is 9.59 Å². The molecule has 0 spiro atoms. The van der Waals surface area contributed by atoms with Gasteiger partial charge in [0.15, 0.2) is 0 Å². The van der Waals surface area contributed by atoms with Gasteiger partial charge in [0, 0.05) is 6.42 Å². The lowest BCUT2D eigenvalue weighted by atomic mass is 9.72. The molecule has 0 bridgehead atoms. The van der Waals surface area contributed by atoms with Crippen molar-refractivity contribution in [1.29, 1.82) is 0 Å². The second-order valence-corrected chi connectivity index (χ2v) is 7.28. The summed E-state index contributed by atoms with van der Waals surface area (Å²) >= 11 is 0. The number of carbonyl (C=O) groups excluding carboxylic acids is 3. The summed E-state index contributed by atoms with van der Waals surface area (Å²) in [7, 11) is -1.30. The predicted molar refractivity (Wildman–Crippen MR) is 112 cm³/mol. The van der Waals surface area contributed by atoms with Crippen molar-refractivity contribution in [3.8, 4) is 5.75 Å². The molecule has 1 amide bonds. The number of hydrogen-bond acceptors (Lipinski definition) is 8. The van der Waals surface area contributed by atoms with Crippen LogP contribution in [0.2, 0.25) is 0 Å². The number of amides is 1. The van der Waals surface area contributed by atoms with E-state index in [9.17, 15) is 19.4 Å². The highest BCUT2D eigenvalue weighted by atomic mass is 16.8. The molecule has 1 heterocycles. The maximum absolute atomic E-state index is 12.4. The first-order valence-corrected chi connectivity index (χ1v) is 10.7. The second kappa shape index (κ2) is 12.8. The summed E-state index contributed by atoms with van der Waals surface area (Å²) in [5.74, 6) is -1.38. The summed E-state index contributed by atoms with van der Waals surface area (Å²) in [6.07, 6.45) is 4.30. The van der Waals surface area contributed by atoms with Gasteiger partial charge in [-0.05, 0) is 30.9 Å². The molecule has 2 N–H and O–H groups in total.